The van der Waals surface area contributed by atoms with Crippen molar-refractivity contribution >= 4 is 24.2 Å². The summed E-state index contributed by atoms with van der Waals surface area (Å²) >= 11 is 0. The van der Waals surface area contributed by atoms with E-state index in [-0.39, 0.29) is 12.0 Å². The molecule has 148 valence electrons. The number of carbonyl (C=O) groups excluding carboxylic acids is 1. The summed E-state index contributed by atoms with van der Waals surface area (Å²) in [4.78, 5) is 12.4. The van der Waals surface area contributed by atoms with Crippen LogP contribution in [0.5, 0.6) is 0 Å². The van der Waals surface area contributed by atoms with Crippen molar-refractivity contribution in [1.29, 1.82) is 0 Å². The molecule has 0 saturated carbocycles. The molecule has 1 aliphatic heterocycles. The summed E-state index contributed by atoms with van der Waals surface area (Å²) in [7, 11) is -1.13. The molecule has 0 aromatic heterocycles. The van der Waals surface area contributed by atoms with Crippen LogP contribution >= 0.6 is 0 Å². The molecule has 0 aliphatic carbocycles. The predicted octanol–water partition coefficient (Wildman–Crippen LogP) is 4.15. The second-order valence-electron chi connectivity index (χ2n) is 7.02. The van der Waals surface area contributed by atoms with Crippen LogP contribution in [0.3, 0.4) is 0 Å². The van der Waals surface area contributed by atoms with Crippen molar-refractivity contribution in [3.8, 4) is 0 Å². The molecule has 0 bridgehead atoms. The van der Waals surface area contributed by atoms with Crippen LogP contribution in [-0.2, 0) is 10.8 Å². The van der Waals surface area contributed by atoms with Gasteiger partial charge in [-0.3, -0.25) is 4.79 Å². The van der Waals surface area contributed by atoms with Gasteiger partial charge < -0.3 is 15.0 Å². The molecule has 2 N–H and O–H groups in total. The topological polar surface area (TPSA) is 58.6 Å². The Labute approximate surface area is 161 Å². The number of anilines is 1. The Morgan fingerprint density at radius 2 is 2.00 bits per heavy atom. The molecule has 4 nitrogen and oxygen atoms in total. The Balaban J connectivity index is 1.84. The molecule has 2 aromatic carbocycles. The Kier molecular flexibility index (Phi) is 5.81. The van der Waals surface area contributed by atoms with Crippen molar-refractivity contribution in [1.82, 2.24) is 0 Å². The lowest BCUT2D eigenvalue weighted by Gasteiger charge is -2.20. The third-order valence-electron chi connectivity index (χ3n) is 4.93. The molecule has 0 saturated heterocycles. The van der Waals surface area contributed by atoms with Gasteiger partial charge in [0.25, 0.3) is 5.91 Å². The molecule has 1 amide bonds. The maximum Gasteiger partial charge on any atom is 0.492 e. The second-order valence-corrected chi connectivity index (χ2v) is 7.02. The highest BCUT2D eigenvalue weighted by Gasteiger charge is 2.38. The largest absolute Gasteiger partial charge is 0.492 e. The molecule has 1 aliphatic rings. The first kappa shape index (κ1) is 20.4. The maximum atomic E-state index is 13.1. The average molecular weight is 391 g/mol. The maximum absolute atomic E-state index is 13.1. The lowest BCUT2D eigenvalue weighted by atomic mass is 9.78. The van der Waals surface area contributed by atoms with Gasteiger partial charge in [0, 0.05) is 5.69 Å². The van der Waals surface area contributed by atoms with E-state index < -0.39 is 30.3 Å². The zero-order valence-electron chi connectivity index (χ0n) is 15.6. The zero-order valence-corrected chi connectivity index (χ0v) is 15.6. The van der Waals surface area contributed by atoms with E-state index >= 15 is 0 Å². The molecule has 0 fully saturated rings. The number of fused-ring (bicyclic) bond motifs is 1. The van der Waals surface area contributed by atoms with Crippen LogP contribution in [0.4, 0.5) is 18.9 Å². The molecule has 3 rings (SSSR count). The number of hydrogen-bond acceptors (Lipinski definition) is 3. The first-order chi connectivity index (χ1) is 13.2. The number of halogens is 3. The first-order valence-corrected chi connectivity index (χ1v) is 9.17. The molecule has 2 unspecified atom stereocenters. The summed E-state index contributed by atoms with van der Waals surface area (Å²) in [6.45, 7) is 4.11. The van der Waals surface area contributed by atoms with Crippen molar-refractivity contribution < 1.29 is 27.6 Å². The molecule has 0 spiro atoms. The van der Waals surface area contributed by atoms with E-state index in [0.29, 0.717) is 11.2 Å². The van der Waals surface area contributed by atoms with E-state index in [0.717, 1.165) is 30.5 Å². The quantitative estimate of drug-likeness (QED) is 0.753. The van der Waals surface area contributed by atoms with Gasteiger partial charge in [0.2, 0.25) is 0 Å². The number of amides is 1. The van der Waals surface area contributed by atoms with E-state index in [1.165, 1.54) is 12.1 Å². The van der Waals surface area contributed by atoms with Crippen LogP contribution in [0.2, 0.25) is 0 Å². The van der Waals surface area contributed by atoms with Crippen LogP contribution in [0.25, 0.3) is 0 Å². The van der Waals surface area contributed by atoms with Crippen molar-refractivity contribution in [3.63, 3.8) is 0 Å². The SMILES string of the molecule is CCCC(C)C1OB(O)c2cc(NC(=O)c3ccccc3C(F)(F)F)ccc21. The Morgan fingerprint density at radius 3 is 2.68 bits per heavy atom. The van der Waals surface area contributed by atoms with Gasteiger partial charge >= 0.3 is 13.3 Å². The molecule has 28 heavy (non-hydrogen) atoms. The fourth-order valence-corrected chi connectivity index (χ4v) is 3.59. The third-order valence-corrected chi connectivity index (χ3v) is 4.93. The smallest absolute Gasteiger partial charge is 0.423 e. The van der Waals surface area contributed by atoms with Crippen molar-refractivity contribution in [2.45, 2.75) is 39.0 Å². The van der Waals surface area contributed by atoms with Crippen LogP contribution in [-0.4, -0.2) is 18.0 Å². The lowest BCUT2D eigenvalue weighted by Crippen LogP contribution is -2.28. The van der Waals surface area contributed by atoms with Crippen LogP contribution in [0.1, 0.15) is 54.3 Å². The highest BCUT2D eigenvalue weighted by Crippen LogP contribution is 2.34. The van der Waals surface area contributed by atoms with E-state index in [9.17, 15) is 23.0 Å². The average Bonchev–Trinajstić information content (AvgIpc) is 2.98. The van der Waals surface area contributed by atoms with E-state index in [4.69, 9.17) is 4.65 Å². The predicted molar refractivity (Wildman–Crippen MR) is 101 cm³/mol. The van der Waals surface area contributed by atoms with Crippen LogP contribution < -0.4 is 10.8 Å². The fraction of sp³-hybridized carbons (Fsp3) is 0.350. The minimum atomic E-state index is -4.63. The minimum absolute atomic E-state index is 0.208. The third kappa shape index (κ3) is 4.08. The summed E-state index contributed by atoms with van der Waals surface area (Å²) in [5.74, 6) is -0.655. The molecule has 0 radical (unpaired) electrons. The van der Waals surface area contributed by atoms with Gasteiger partial charge in [-0.1, -0.05) is 38.5 Å². The van der Waals surface area contributed by atoms with E-state index in [1.807, 2.05) is 6.92 Å². The van der Waals surface area contributed by atoms with Crippen LogP contribution in [0, 0.1) is 5.92 Å². The van der Waals surface area contributed by atoms with Crippen molar-refractivity contribution in [3.05, 3.63) is 59.2 Å². The molecule has 8 heteroatoms. The van der Waals surface area contributed by atoms with Gasteiger partial charge in [-0.2, -0.15) is 13.2 Å². The number of nitrogens with one attached hydrogen (secondary N) is 1. The number of benzene rings is 2. The van der Waals surface area contributed by atoms with Crippen LogP contribution in [0.15, 0.2) is 42.5 Å². The molecule has 2 atom stereocenters. The standard InChI is InChI=1S/C20H21BF3NO3/c1-3-6-12(2)18-15-10-9-13(11-17(15)21(27)28-18)25-19(26)14-7-4-5-8-16(14)20(22,23)24/h4-5,7-12,18,27H,3,6H2,1-2H3,(H,25,26). The summed E-state index contributed by atoms with van der Waals surface area (Å²) in [5.41, 5.74) is 0.205. The number of alkyl halides is 3. The van der Waals surface area contributed by atoms with E-state index in [1.54, 1.807) is 18.2 Å². The van der Waals surface area contributed by atoms with Gasteiger partial charge in [0.15, 0.2) is 0 Å². The summed E-state index contributed by atoms with van der Waals surface area (Å²) in [6.07, 6.45) is -2.96. The Bertz CT molecular complexity index is 872. The normalized spacial score (nSPS) is 17.4. The summed E-state index contributed by atoms with van der Waals surface area (Å²) < 4.78 is 45.0. The Hall–Kier alpha value is -2.32. The summed E-state index contributed by atoms with van der Waals surface area (Å²) in [5, 5.41) is 12.7. The zero-order chi connectivity index (χ0) is 20.5. The highest BCUT2D eigenvalue weighted by atomic mass is 19.4. The molecular weight excluding hydrogens is 370 g/mol. The Morgan fingerprint density at radius 1 is 1.29 bits per heavy atom. The second kappa shape index (κ2) is 7.97. The van der Waals surface area contributed by atoms with Crippen molar-refractivity contribution in [2.75, 3.05) is 5.32 Å². The van der Waals surface area contributed by atoms with Gasteiger partial charge in [0.05, 0.1) is 17.2 Å². The molecular formula is C20H21BF3NO3. The van der Waals surface area contributed by atoms with Gasteiger partial charge in [-0.05, 0) is 47.6 Å². The number of hydrogen-bond donors (Lipinski definition) is 2. The lowest BCUT2D eigenvalue weighted by molar-refractivity contribution is -0.137. The van der Waals surface area contributed by atoms with Gasteiger partial charge in [-0.25, -0.2) is 0 Å². The highest BCUT2D eigenvalue weighted by molar-refractivity contribution is 6.62. The monoisotopic (exact) mass is 391 g/mol. The van der Waals surface area contributed by atoms with E-state index in [2.05, 4.69) is 12.2 Å². The molecule has 1 heterocycles. The molecule has 2 aromatic rings. The fourth-order valence-electron chi connectivity index (χ4n) is 3.59. The first-order valence-electron chi connectivity index (χ1n) is 9.17. The minimum Gasteiger partial charge on any atom is -0.423 e. The summed E-state index contributed by atoms with van der Waals surface area (Å²) in [6, 6.07) is 9.52. The van der Waals surface area contributed by atoms with Gasteiger partial charge in [0.1, 0.15) is 0 Å². The number of carbonyl (C=O) groups is 1. The number of rotatable bonds is 5. The van der Waals surface area contributed by atoms with Crippen molar-refractivity contribution in [2.24, 2.45) is 5.92 Å². The van der Waals surface area contributed by atoms with Gasteiger partial charge in [-0.15, -0.1) is 0 Å².